The van der Waals surface area contributed by atoms with Gasteiger partial charge in [-0.05, 0) is 19.8 Å². The monoisotopic (exact) mass is 200 g/mol. The molecule has 4 nitrogen and oxygen atoms in total. The number of aliphatic hydroxyl groups is 2. The van der Waals surface area contributed by atoms with E-state index < -0.39 is 18.2 Å². The molecule has 0 aromatic rings. The van der Waals surface area contributed by atoms with Crippen LogP contribution in [0.2, 0.25) is 0 Å². The van der Waals surface area contributed by atoms with Gasteiger partial charge in [-0.25, -0.2) is 4.79 Å². The van der Waals surface area contributed by atoms with Crippen LogP contribution in [0.4, 0.5) is 0 Å². The molecule has 4 heteroatoms. The minimum Gasteiger partial charge on any atom is -0.478 e. The molecule has 0 heterocycles. The highest BCUT2D eigenvalue weighted by atomic mass is 16.4. The summed E-state index contributed by atoms with van der Waals surface area (Å²) in [6.07, 6.45) is 3.58. The summed E-state index contributed by atoms with van der Waals surface area (Å²) in [6.45, 7) is 4.55. The van der Waals surface area contributed by atoms with E-state index >= 15 is 0 Å². The first-order valence-electron chi connectivity index (χ1n) is 4.32. The van der Waals surface area contributed by atoms with Crippen molar-refractivity contribution in [1.82, 2.24) is 0 Å². The van der Waals surface area contributed by atoms with E-state index in [9.17, 15) is 9.90 Å². The predicted molar refractivity (Wildman–Crippen MR) is 52.9 cm³/mol. The number of hydrogen-bond donors (Lipinski definition) is 3. The van der Waals surface area contributed by atoms with Gasteiger partial charge in [0.05, 0.1) is 17.8 Å². The zero-order chi connectivity index (χ0) is 11.2. The van der Waals surface area contributed by atoms with Crippen molar-refractivity contribution in [2.75, 3.05) is 6.61 Å². The normalized spacial score (nSPS) is 16.1. The molecular weight excluding hydrogens is 184 g/mol. The molecule has 14 heavy (non-hydrogen) atoms. The summed E-state index contributed by atoms with van der Waals surface area (Å²) in [5, 5.41) is 26.7. The quantitative estimate of drug-likeness (QED) is 0.436. The van der Waals surface area contributed by atoms with E-state index in [1.54, 1.807) is 6.92 Å². The Kier molecular flexibility index (Phi) is 5.12. The van der Waals surface area contributed by atoms with Gasteiger partial charge in [-0.3, -0.25) is 0 Å². The third kappa shape index (κ3) is 4.79. The third-order valence-electron chi connectivity index (χ3n) is 1.93. The number of hydrogen-bond acceptors (Lipinski definition) is 3. The first-order valence-corrected chi connectivity index (χ1v) is 4.32. The summed E-state index contributed by atoms with van der Waals surface area (Å²) in [7, 11) is 0. The third-order valence-corrected chi connectivity index (χ3v) is 1.93. The zero-order valence-corrected chi connectivity index (χ0v) is 8.23. The number of carbonyl (C=O) groups is 1. The Morgan fingerprint density at radius 1 is 1.57 bits per heavy atom. The highest BCUT2D eigenvalue weighted by Crippen LogP contribution is 2.13. The number of allylic oxidation sites excluding steroid dienone is 1. The highest BCUT2D eigenvalue weighted by molar-refractivity contribution is 5.86. The van der Waals surface area contributed by atoms with Crippen LogP contribution in [0.15, 0.2) is 24.3 Å². The van der Waals surface area contributed by atoms with E-state index in [-0.39, 0.29) is 5.57 Å². The maximum atomic E-state index is 10.4. The molecule has 80 valence electrons. The molecule has 0 aromatic heterocycles. The van der Waals surface area contributed by atoms with Crippen molar-refractivity contribution >= 4 is 5.97 Å². The number of aliphatic hydroxyl groups excluding tert-OH is 1. The lowest BCUT2D eigenvalue weighted by Gasteiger charge is -2.16. The largest absolute Gasteiger partial charge is 0.478 e. The van der Waals surface area contributed by atoms with E-state index in [1.165, 1.54) is 12.2 Å². The molecule has 1 atom stereocenters. The fraction of sp³-hybridized carbons (Fsp3) is 0.500. The minimum atomic E-state index is -1.13. The molecule has 0 fully saturated rings. The molecule has 0 amide bonds. The van der Waals surface area contributed by atoms with Crippen LogP contribution in [-0.4, -0.2) is 33.5 Å². The lowest BCUT2D eigenvalue weighted by Crippen LogP contribution is -2.19. The maximum absolute atomic E-state index is 10.4. The number of rotatable bonds is 6. The van der Waals surface area contributed by atoms with Gasteiger partial charge in [0.2, 0.25) is 0 Å². The van der Waals surface area contributed by atoms with Crippen LogP contribution in [0.3, 0.4) is 0 Å². The molecule has 0 aromatic carbocycles. The molecule has 0 aliphatic carbocycles. The Morgan fingerprint density at radius 2 is 2.14 bits per heavy atom. The van der Waals surface area contributed by atoms with Crippen LogP contribution in [0.1, 0.15) is 19.8 Å². The Balaban J connectivity index is 4.15. The Bertz CT molecular complexity index is 241. The van der Waals surface area contributed by atoms with E-state index in [1.807, 2.05) is 0 Å². The van der Waals surface area contributed by atoms with Gasteiger partial charge in [0.15, 0.2) is 0 Å². The van der Waals surface area contributed by atoms with E-state index in [0.29, 0.717) is 12.8 Å². The van der Waals surface area contributed by atoms with Crippen molar-refractivity contribution in [3.63, 3.8) is 0 Å². The fourth-order valence-electron chi connectivity index (χ4n) is 0.860. The fourth-order valence-corrected chi connectivity index (χ4v) is 0.860. The van der Waals surface area contributed by atoms with Crippen LogP contribution in [0.25, 0.3) is 0 Å². The second-order valence-electron chi connectivity index (χ2n) is 3.29. The number of aliphatic carboxylic acids is 1. The van der Waals surface area contributed by atoms with Crippen molar-refractivity contribution in [1.29, 1.82) is 0 Å². The van der Waals surface area contributed by atoms with Gasteiger partial charge < -0.3 is 15.3 Å². The van der Waals surface area contributed by atoms with Gasteiger partial charge in [0.1, 0.15) is 0 Å². The number of carboxylic acids is 1. The van der Waals surface area contributed by atoms with Crippen molar-refractivity contribution in [3.05, 3.63) is 24.3 Å². The molecule has 0 aliphatic rings. The molecule has 0 saturated heterocycles. The van der Waals surface area contributed by atoms with Crippen LogP contribution < -0.4 is 0 Å². The van der Waals surface area contributed by atoms with E-state index in [0.717, 1.165) is 0 Å². The van der Waals surface area contributed by atoms with Crippen molar-refractivity contribution < 1.29 is 20.1 Å². The van der Waals surface area contributed by atoms with Gasteiger partial charge in [-0.2, -0.15) is 0 Å². The molecule has 0 radical (unpaired) electrons. The van der Waals surface area contributed by atoms with Crippen molar-refractivity contribution in [3.8, 4) is 0 Å². The van der Waals surface area contributed by atoms with Crippen molar-refractivity contribution in [2.24, 2.45) is 0 Å². The summed E-state index contributed by atoms with van der Waals surface area (Å²) in [6, 6.07) is 0. The smallest absolute Gasteiger partial charge is 0.333 e. The Morgan fingerprint density at radius 3 is 2.50 bits per heavy atom. The average Bonchev–Trinajstić information content (AvgIpc) is 2.12. The molecule has 3 N–H and O–H groups in total. The van der Waals surface area contributed by atoms with Gasteiger partial charge >= 0.3 is 5.97 Å². The van der Waals surface area contributed by atoms with Crippen molar-refractivity contribution in [2.45, 2.75) is 25.4 Å². The summed E-state index contributed by atoms with van der Waals surface area (Å²) < 4.78 is 0. The first-order chi connectivity index (χ1) is 6.43. The molecular formula is C10H16O4. The van der Waals surface area contributed by atoms with Gasteiger partial charge in [0, 0.05) is 0 Å². The summed E-state index contributed by atoms with van der Waals surface area (Å²) in [4.78, 5) is 10.4. The lowest BCUT2D eigenvalue weighted by atomic mass is 10.00. The second kappa shape index (κ2) is 5.57. The van der Waals surface area contributed by atoms with Gasteiger partial charge in [-0.15, -0.1) is 6.58 Å². The van der Waals surface area contributed by atoms with Crippen LogP contribution >= 0.6 is 0 Å². The van der Waals surface area contributed by atoms with E-state index in [4.69, 9.17) is 10.2 Å². The SMILES string of the molecule is C=CC(C)(O)CC/C=C(\CO)C(=O)O. The Labute approximate surface area is 83.2 Å². The standard InChI is InChI=1S/C10H16O4/c1-3-10(2,14)6-4-5-8(7-11)9(12)13/h3,5,11,14H,1,4,6-7H2,2H3,(H,12,13)/b8-5+. The maximum Gasteiger partial charge on any atom is 0.333 e. The topological polar surface area (TPSA) is 77.8 Å². The molecule has 0 spiro atoms. The molecule has 0 saturated carbocycles. The molecule has 0 bridgehead atoms. The summed E-state index contributed by atoms with van der Waals surface area (Å²) in [5.41, 5.74) is -1.04. The average molecular weight is 200 g/mol. The highest BCUT2D eigenvalue weighted by Gasteiger charge is 2.14. The molecule has 1 unspecified atom stereocenters. The predicted octanol–water partition coefficient (Wildman–Crippen LogP) is 0.707. The first kappa shape index (κ1) is 12.9. The van der Waals surface area contributed by atoms with Crippen LogP contribution in [-0.2, 0) is 4.79 Å². The van der Waals surface area contributed by atoms with Crippen LogP contribution in [0, 0.1) is 0 Å². The van der Waals surface area contributed by atoms with Crippen LogP contribution in [0.5, 0.6) is 0 Å². The molecule has 0 rings (SSSR count). The molecule has 0 aliphatic heterocycles. The number of carboxylic acid groups (broad SMARTS) is 1. The minimum absolute atomic E-state index is 0.0511. The van der Waals surface area contributed by atoms with E-state index in [2.05, 4.69) is 6.58 Å². The lowest BCUT2D eigenvalue weighted by molar-refractivity contribution is -0.133. The summed E-state index contributed by atoms with van der Waals surface area (Å²) >= 11 is 0. The van der Waals surface area contributed by atoms with Gasteiger partial charge in [-0.1, -0.05) is 12.2 Å². The summed E-state index contributed by atoms with van der Waals surface area (Å²) in [5.74, 6) is -1.13. The van der Waals surface area contributed by atoms with Gasteiger partial charge in [0.25, 0.3) is 0 Å². The zero-order valence-electron chi connectivity index (χ0n) is 8.23. The Hall–Kier alpha value is -1.13. The second-order valence-corrected chi connectivity index (χ2v) is 3.29.